The average Bonchev–Trinajstić information content (AvgIpc) is 2.38. The highest BCUT2D eigenvalue weighted by molar-refractivity contribution is 5.50. The van der Waals surface area contributed by atoms with Crippen molar-refractivity contribution in [2.24, 2.45) is 0 Å². The molecule has 2 heteroatoms. The van der Waals surface area contributed by atoms with Gasteiger partial charge in [-0.05, 0) is 29.8 Å². The Kier molecular flexibility index (Phi) is 3.20. The third kappa shape index (κ3) is 2.61. The summed E-state index contributed by atoms with van der Waals surface area (Å²) in [5.74, 6) is 2.61. The molecule has 2 aromatic rings. The number of aromatic nitrogens is 1. The molecule has 0 saturated carbocycles. The summed E-state index contributed by atoms with van der Waals surface area (Å²) in [5.41, 5.74) is 3.06. The van der Waals surface area contributed by atoms with Gasteiger partial charge in [-0.2, -0.15) is 0 Å². The summed E-state index contributed by atoms with van der Waals surface area (Å²) in [7, 11) is 0. The third-order valence-corrected chi connectivity index (χ3v) is 2.25. The number of nitrogens with zero attached hydrogens (tertiary/aromatic N) is 1. The van der Waals surface area contributed by atoms with Crippen molar-refractivity contribution in [1.29, 1.82) is 0 Å². The maximum absolute atomic E-state index is 5.34. The van der Waals surface area contributed by atoms with Crippen LogP contribution in [-0.2, 0) is 6.54 Å². The van der Waals surface area contributed by atoms with Crippen LogP contribution < -0.4 is 5.32 Å². The number of hydrogen-bond acceptors (Lipinski definition) is 2. The van der Waals surface area contributed by atoms with E-state index in [1.54, 1.807) is 6.20 Å². The van der Waals surface area contributed by atoms with Crippen molar-refractivity contribution in [3.63, 3.8) is 0 Å². The Morgan fingerprint density at radius 1 is 1.25 bits per heavy atom. The minimum atomic E-state index is 0.752. The Morgan fingerprint density at radius 3 is 2.94 bits per heavy atom. The van der Waals surface area contributed by atoms with Crippen molar-refractivity contribution in [2.45, 2.75) is 6.54 Å². The lowest BCUT2D eigenvalue weighted by molar-refractivity contribution is 1.11. The molecule has 0 fully saturated rings. The summed E-state index contributed by atoms with van der Waals surface area (Å²) in [6.07, 6.45) is 8.95. The molecule has 0 saturated heterocycles. The molecule has 0 unspecified atom stereocenters. The molecule has 78 valence electrons. The van der Waals surface area contributed by atoms with Gasteiger partial charge in [0.2, 0.25) is 0 Å². The number of hydrogen-bond donors (Lipinski definition) is 1. The van der Waals surface area contributed by atoms with E-state index >= 15 is 0 Å². The van der Waals surface area contributed by atoms with Crippen LogP contribution in [0.15, 0.2) is 48.8 Å². The molecule has 0 aliphatic heterocycles. The Bertz CT molecular complexity index is 498. The zero-order valence-corrected chi connectivity index (χ0v) is 8.85. The predicted molar refractivity (Wildman–Crippen MR) is 65.9 cm³/mol. The van der Waals surface area contributed by atoms with Crippen LogP contribution in [0.3, 0.4) is 0 Å². The van der Waals surface area contributed by atoms with Crippen molar-refractivity contribution >= 4 is 5.69 Å². The monoisotopic (exact) mass is 208 g/mol. The van der Waals surface area contributed by atoms with Crippen LogP contribution in [0.25, 0.3) is 0 Å². The molecule has 1 N–H and O–H groups in total. The summed E-state index contributed by atoms with van der Waals surface area (Å²) in [6, 6.07) is 11.8. The molecule has 0 radical (unpaired) electrons. The van der Waals surface area contributed by atoms with Crippen molar-refractivity contribution < 1.29 is 0 Å². The van der Waals surface area contributed by atoms with Gasteiger partial charge in [0.1, 0.15) is 0 Å². The fourth-order valence-corrected chi connectivity index (χ4v) is 1.43. The molecule has 0 spiro atoms. The molecular weight excluding hydrogens is 196 g/mol. The zero-order chi connectivity index (χ0) is 11.2. The lowest BCUT2D eigenvalue weighted by Crippen LogP contribution is -1.99. The minimum Gasteiger partial charge on any atom is -0.381 e. The highest BCUT2D eigenvalue weighted by atomic mass is 14.9. The third-order valence-electron chi connectivity index (χ3n) is 2.25. The number of terminal acetylenes is 1. The molecular formula is C14H12N2. The summed E-state index contributed by atoms with van der Waals surface area (Å²) in [4.78, 5) is 4.06. The van der Waals surface area contributed by atoms with E-state index in [9.17, 15) is 0 Å². The van der Waals surface area contributed by atoms with Gasteiger partial charge in [-0.3, -0.25) is 4.98 Å². The Hall–Kier alpha value is -2.27. The molecule has 16 heavy (non-hydrogen) atoms. The van der Waals surface area contributed by atoms with Crippen molar-refractivity contribution in [3.8, 4) is 12.3 Å². The fraction of sp³-hybridized carbons (Fsp3) is 0.0714. The largest absolute Gasteiger partial charge is 0.381 e. The topological polar surface area (TPSA) is 24.9 Å². The van der Waals surface area contributed by atoms with Gasteiger partial charge in [0.25, 0.3) is 0 Å². The summed E-state index contributed by atoms with van der Waals surface area (Å²) < 4.78 is 0. The zero-order valence-electron chi connectivity index (χ0n) is 8.85. The van der Waals surface area contributed by atoms with Crippen molar-refractivity contribution in [3.05, 3.63) is 59.9 Å². The van der Waals surface area contributed by atoms with Gasteiger partial charge >= 0.3 is 0 Å². The molecule has 1 heterocycles. The highest BCUT2D eigenvalue weighted by Crippen LogP contribution is 2.10. The quantitative estimate of drug-likeness (QED) is 0.784. The number of rotatable bonds is 3. The SMILES string of the molecule is C#Cc1cccc(NCc2cccnc2)c1. The standard InChI is InChI=1S/C14H12N2/c1-2-12-5-3-7-14(9-12)16-11-13-6-4-8-15-10-13/h1,3-10,16H,11H2. The molecule has 2 rings (SSSR count). The van der Waals surface area contributed by atoms with E-state index in [-0.39, 0.29) is 0 Å². The molecule has 1 aromatic heterocycles. The molecule has 0 amide bonds. The van der Waals surface area contributed by atoms with Crippen LogP contribution in [-0.4, -0.2) is 4.98 Å². The van der Waals surface area contributed by atoms with Crippen LogP contribution in [0.2, 0.25) is 0 Å². The van der Waals surface area contributed by atoms with Gasteiger partial charge in [0.05, 0.1) is 0 Å². The molecule has 1 aromatic carbocycles. The first kappa shape index (κ1) is 10.3. The number of anilines is 1. The first-order valence-electron chi connectivity index (χ1n) is 5.08. The van der Waals surface area contributed by atoms with Gasteiger partial charge < -0.3 is 5.32 Å². The number of nitrogens with one attached hydrogen (secondary N) is 1. The van der Waals surface area contributed by atoms with E-state index < -0.39 is 0 Å². The first-order valence-corrected chi connectivity index (χ1v) is 5.08. The van der Waals surface area contributed by atoms with E-state index in [0.717, 1.165) is 23.4 Å². The lowest BCUT2D eigenvalue weighted by Gasteiger charge is -2.06. The van der Waals surface area contributed by atoms with E-state index in [1.165, 1.54) is 0 Å². The van der Waals surface area contributed by atoms with E-state index in [2.05, 4.69) is 16.2 Å². The Morgan fingerprint density at radius 2 is 2.19 bits per heavy atom. The van der Waals surface area contributed by atoms with E-state index in [0.29, 0.717) is 0 Å². The second-order valence-corrected chi connectivity index (χ2v) is 3.44. The average molecular weight is 208 g/mol. The molecule has 0 aliphatic carbocycles. The normalized spacial score (nSPS) is 9.44. The smallest absolute Gasteiger partial charge is 0.0416 e. The first-order chi connectivity index (χ1) is 7.88. The summed E-state index contributed by atoms with van der Waals surface area (Å²) in [6.45, 7) is 0.752. The fourth-order valence-electron chi connectivity index (χ4n) is 1.43. The Labute approximate surface area is 95.4 Å². The second-order valence-electron chi connectivity index (χ2n) is 3.44. The van der Waals surface area contributed by atoms with E-state index in [1.807, 2.05) is 42.6 Å². The van der Waals surface area contributed by atoms with E-state index in [4.69, 9.17) is 6.42 Å². The second kappa shape index (κ2) is 4.99. The van der Waals surface area contributed by atoms with Gasteiger partial charge in [0, 0.05) is 30.2 Å². The van der Waals surface area contributed by atoms with Crippen LogP contribution >= 0.6 is 0 Å². The lowest BCUT2D eigenvalue weighted by atomic mass is 10.2. The molecule has 2 nitrogen and oxygen atoms in total. The van der Waals surface area contributed by atoms with Crippen LogP contribution in [0.1, 0.15) is 11.1 Å². The van der Waals surface area contributed by atoms with Crippen LogP contribution in [0.4, 0.5) is 5.69 Å². The molecule has 0 atom stereocenters. The van der Waals surface area contributed by atoms with Gasteiger partial charge in [0.15, 0.2) is 0 Å². The van der Waals surface area contributed by atoms with Crippen molar-refractivity contribution in [2.75, 3.05) is 5.32 Å². The number of pyridine rings is 1. The van der Waals surface area contributed by atoms with Gasteiger partial charge in [-0.25, -0.2) is 0 Å². The predicted octanol–water partition coefficient (Wildman–Crippen LogP) is 2.68. The van der Waals surface area contributed by atoms with Gasteiger partial charge in [-0.1, -0.05) is 18.1 Å². The highest BCUT2D eigenvalue weighted by Gasteiger charge is 1.94. The minimum absolute atomic E-state index is 0.752. The number of benzene rings is 1. The maximum Gasteiger partial charge on any atom is 0.0416 e. The van der Waals surface area contributed by atoms with Crippen LogP contribution in [0, 0.1) is 12.3 Å². The van der Waals surface area contributed by atoms with Crippen LogP contribution in [0.5, 0.6) is 0 Å². The summed E-state index contributed by atoms with van der Waals surface area (Å²) >= 11 is 0. The molecule has 0 bridgehead atoms. The van der Waals surface area contributed by atoms with Crippen molar-refractivity contribution in [1.82, 2.24) is 4.98 Å². The van der Waals surface area contributed by atoms with Gasteiger partial charge in [-0.15, -0.1) is 6.42 Å². The Balaban J connectivity index is 2.03. The maximum atomic E-state index is 5.34. The molecule has 0 aliphatic rings. The summed E-state index contributed by atoms with van der Waals surface area (Å²) in [5, 5.41) is 3.30.